The highest BCUT2D eigenvalue weighted by molar-refractivity contribution is 6.07. The Bertz CT molecular complexity index is 1630. The fraction of sp³-hybridized carbons (Fsp3) is 0.400. The zero-order valence-corrected chi connectivity index (χ0v) is 23.7. The lowest BCUT2D eigenvalue weighted by Crippen LogP contribution is -2.50. The maximum atomic E-state index is 15.5. The first kappa shape index (κ1) is 26.8. The monoisotopic (exact) mass is 559 g/mol. The summed E-state index contributed by atoms with van der Waals surface area (Å²) in [5, 5.41) is 0.681. The third-order valence-electron chi connectivity index (χ3n) is 7.46. The number of halogens is 1. The number of aryl methyl sites for hydroxylation is 1. The van der Waals surface area contributed by atoms with Crippen LogP contribution >= 0.6 is 0 Å². The van der Waals surface area contributed by atoms with Crippen LogP contribution in [0.3, 0.4) is 0 Å². The Morgan fingerprint density at radius 3 is 2.71 bits per heavy atom. The number of carbonyl (C=O) groups is 1. The predicted octanol–water partition coefficient (Wildman–Crippen LogP) is 5.53. The van der Waals surface area contributed by atoms with Crippen molar-refractivity contribution in [3.05, 3.63) is 54.2 Å². The molecular formula is C30H34FN7O3. The maximum Gasteiger partial charge on any atom is 0.410 e. The molecule has 0 saturated carbocycles. The van der Waals surface area contributed by atoms with Crippen molar-refractivity contribution >= 4 is 28.8 Å². The molecule has 2 N–H and O–H groups in total. The molecule has 10 nitrogen and oxygen atoms in total. The number of nitrogens with two attached hydrogens (primary N) is 1. The molecule has 214 valence electrons. The highest BCUT2D eigenvalue weighted by atomic mass is 19.1. The van der Waals surface area contributed by atoms with Crippen molar-refractivity contribution in [3.63, 3.8) is 0 Å². The number of benzene rings is 1. The Labute approximate surface area is 237 Å². The first-order chi connectivity index (χ1) is 19.6. The van der Waals surface area contributed by atoms with E-state index in [-0.39, 0.29) is 17.9 Å². The molecule has 41 heavy (non-hydrogen) atoms. The lowest BCUT2D eigenvalue weighted by Gasteiger charge is -2.39. The Kier molecular flexibility index (Phi) is 6.67. The Morgan fingerprint density at radius 2 is 1.95 bits per heavy atom. The molecule has 1 atom stereocenters. The highest BCUT2D eigenvalue weighted by Gasteiger charge is 2.37. The van der Waals surface area contributed by atoms with E-state index in [0.29, 0.717) is 47.9 Å². The number of hydrogen-bond acceptors (Lipinski definition) is 8. The van der Waals surface area contributed by atoms with Crippen molar-refractivity contribution in [3.8, 4) is 22.8 Å². The summed E-state index contributed by atoms with van der Waals surface area (Å²) < 4.78 is 29.0. The van der Waals surface area contributed by atoms with E-state index in [4.69, 9.17) is 15.2 Å². The lowest BCUT2D eigenvalue weighted by atomic mass is 10.0. The number of piperidine rings is 1. The number of anilines is 2. The predicted molar refractivity (Wildman–Crippen MR) is 155 cm³/mol. The molecule has 0 unspecified atom stereocenters. The molecule has 1 fully saturated rings. The van der Waals surface area contributed by atoms with E-state index in [2.05, 4.69) is 24.4 Å². The van der Waals surface area contributed by atoms with Crippen LogP contribution in [0.2, 0.25) is 0 Å². The number of likely N-dealkylation sites (tertiary alicyclic amines) is 1. The van der Waals surface area contributed by atoms with Crippen LogP contribution in [-0.2, 0) is 11.3 Å². The molecule has 3 aromatic heterocycles. The van der Waals surface area contributed by atoms with Crippen molar-refractivity contribution in [1.29, 1.82) is 0 Å². The van der Waals surface area contributed by atoms with Gasteiger partial charge in [0.05, 0.1) is 5.39 Å². The zero-order valence-electron chi connectivity index (χ0n) is 23.7. The Morgan fingerprint density at radius 1 is 1.12 bits per heavy atom. The Hall–Kier alpha value is -4.41. The molecule has 0 aliphatic carbocycles. The second-order valence-corrected chi connectivity index (χ2v) is 11.6. The summed E-state index contributed by atoms with van der Waals surface area (Å²) in [7, 11) is 0. The van der Waals surface area contributed by atoms with E-state index in [9.17, 15) is 4.79 Å². The smallest absolute Gasteiger partial charge is 0.410 e. The first-order valence-corrected chi connectivity index (χ1v) is 13.9. The fourth-order valence-corrected chi connectivity index (χ4v) is 5.76. The summed E-state index contributed by atoms with van der Waals surface area (Å²) in [5.74, 6) is 1.11. The fourth-order valence-electron chi connectivity index (χ4n) is 5.76. The van der Waals surface area contributed by atoms with Gasteiger partial charge in [0.2, 0.25) is 5.88 Å². The molecule has 0 spiro atoms. The molecule has 0 radical (unpaired) electrons. The van der Waals surface area contributed by atoms with Crippen LogP contribution in [-0.4, -0.2) is 61.8 Å². The standard InChI is InChI=1S/C30H34FN7O3/c1-18-7-5-9-23(35-18)40-22-11-10-19(15-21(22)31)24-25-26(32)33-17-34-27(25)38-14-13-37(28(24)38)20-8-6-12-36(16-20)29(39)41-30(2,3)4/h5,7,9-11,15,17,20H,6,8,12-14,16H2,1-4H3,(H2,32,33,34)/t20-/m0/s1. The van der Waals surface area contributed by atoms with Gasteiger partial charge < -0.3 is 29.6 Å². The molecule has 1 amide bonds. The largest absolute Gasteiger partial charge is 0.444 e. The van der Waals surface area contributed by atoms with Gasteiger partial charge in [-0.3, -0.25) is 0 Å². The second-order valence-electron chi connectivity index (χ2n) is 11.6. The minimum atomic E-state index is -0.567. The molecule has 2 aliphatic heterocycles. The first-order valence-electron chi connectivity index (χ1n) is 13.9. The summed E-state index contributed by atoms with van der Waals surface area (Å²) in [6, 6.07) is 10.3. The van der Waals surface area contributed by atoms with Crippen LogP contribution in [0, 0.1) is 12.7 Å². The number of pyridine rings is 1. The highest BCUT2D eigenvalue weighted by Crippen LogP contribution is 2.46. The number of hydrogen-bond donors (Lipinski definition) is 1. The van der Waals surface area contributed by atoms with Crippen LogP contribution < -0.4 is 15.4 Å². The third kappa shape index (κ3) is 5.12. The normalized spacial score (nSPS) is 17.1. The Balaban J connectivity index is 1.38. The molecule has 0 bridgehead atoms. The van der Waals surface area contributed by atoms with Gasteiger partial charge in [-0.15, -0.1) is 0 Å². The van der Waals surface area contributed by atoms with Crippen LogP contribution in [0.1, 0.15) is 39.3 Å². The van der Waals surface area contributed by atoms with Gasteiger partial charge in [0.1, 0.15) is 29.2 Å². The summed E-state index contributed by atoms with van der Waals surface area (Å²) in [6.07, 6.45) is 2.91. The summed E-state index contributed by atoms with van der Waals surface area (Å²) in [6.45, 7) is 10.1. The number of nitrogen functional groups attached to an aromatic ring is 1. The molecule has 11 heteroatoms. The average molecular weight is 560 g/mol. The summed E-state index contributed by atoms with van der Waals surface area (Å²) in [4.78, 5) is 30.1. The van der Waals surface area contributed by atoms with E-state index in [1.54, 1.807) is 17.0 Å². The molecule has 1 saturated heterocycles. The molecule has 6 rings (SSSR count). The number of carbonyl (C=O) groups excluding carboxylic acids is 1. The van der Waals surface area contributed by atoms with E-state index >= 15 is 4.39 Å². The van der Waals surface area contributed by atoms with Gasteiger partial charge in [0.15, 0.2) is 11.6 Å². The van der Waals surface area contributed by atoms with E-state index in [1.807, 2.05) is 45.9 Å². The van der Waals surface area contributed by atoms with Crippen LogP contribution in [0.5, 0.6) is 11.6 Å². The lowest BCUT2D eigenvalue weighted by molar-refractivity contribution is 0.0198. The molecular weight excluding hydrogens is 525 g/mol. The number of amides is 1. The van der Waals surface area contributed by atoms with E-state index < -0.39 is 11.4 Å². The number of nitrogens with zero attached hydrogens (tertiary/aromatic N) is 6. The van der Waals surface area contributed by atoms with Gasteiger partial charge in [-0.05, 0) is 64.3 Å². The van der Waals surface area contributed by atoms with E-state index in [0.717, 1.165) is 36.5 Å². The zero-order chi connectivity index (χ0) is 28.9. The SMILES string of the molecule is Cc1cccc(Oc2ccc(-c3c4n(c5ncnc(N)c35)CCN4[C@H]3CCCN(C(=O)OC(C)(C)C)C3)cc2F)n1. The van der Waals surface area contributed by atoms with Crippen molar-refractivity contribution < 1.29 is 18.7 Å². The number of ether oxygens (including phenoxy) is 2. The summed E-state index contributed by atoms with van der Waals surface area (Å²) in [5.41, 5.74) is 8.72. The van der Waals surface area contributed by atoms with Crippen molar-refractivity contribution in [1.82, 2.24) is 24.4 Å². The minimum absolute atomic E-state index is 0.0506. The maximum absolute atomic E-state index is 15.5. The van der Waals surface area contributed by atoms with Gasteiger partial charge in [0, 0.05) is 49.5 Å². The molecule has 5 heterocycles. The van der Waals surface area contributed by atoms with Gasteiger partial charge in [-0.25, -0.2) is 24.1 Å². The van der Waals surface area contributed by atoms with Crippen LogP contribution in [0.25, 0.3) is 22.2 Å². The molecule has 4 aromatic rings. The van der Waals surface area contributed by atoms with Crippen LogP contribution in [0.15, 0.2) is 42.7 Å². The number of aromatic nitrogens is 4. The van der Waals surface area contributed by atoms with Crippen LogP contribution in [0.4, 0.5) is 20.8 Å². The van der Waals surface area contributed by atoms with E-state index in [1.165, 1.54) is 12.4 Å². The van der Waals surface area contributed by atoms with Gasteiger partial charge in [-0.2, -0.15) is 0 Å². The summed E-state index contributed by atoms with van der Waals surface area (Å²) >= 11 is 0. The topological polar surface area (TPSA) is 112 Å². The molecule has 1 aromatic carbocycles. The van der Waals surface area contributed by atoms with Crippen molar-refractivity contribution in [2.24, 2.45) is 0 Å². The van der Waals surface area contributed by atoms with Gasteiger partial charge in [-0.1, -0.05) is 12.1 Å². The van der Waals surface area contributed by atoms with Gasteiger partial charge >= 0.3 is 6.09 Å². The van der Waals surface area contributed by atoms with Crippen molar-refractivity contribution in [2.45, 2.75) is 58.7 Å². The van der Waals surface area contributed by atoms with Gasteiger partial charge in [0.25, 0.3) is 0 Å². The average Bonchev–Trinajstić information content (AvgIpc) is 3.49. The van der Waals surface area contributed by atoms with Crippen molar-refractivity contribution in [2.75, 3.05) is 30.3 Å². The molecule has 2 aliphatic rings. The number of rotatable bonds is 4. The second kappa shape index (κ2) is 10.2. The number of fused-ring (bicyclic) bond motifs is 3. The third-order valence-corrected chi connectivity index (χ3v) is 7.46. The minimum Gasteiger partial charge on any atom is -0.444 e. The quantitative estimate of drug-likeness (QED) is 0.347.